The number of anilines is 1. The number of amides is 1. The van der Waals surface area contributed by atoms with E-state index in [1.807, 2.05) is 31.2 Å². The summed E-state index contributed by atoms with van der Waals surface area (Å²) in [6.45, 7) is 7.81. The molecule has 0 heterocycles. The van der Waals surface area contributed by atoms with Crippen molar-refractivity contribution in [2.24, 2.45) is 0 Å². The molecule has 0 bridgehead atoms. The van der Waals surface area contributed by atoms with E-state index in [1.165, 1.54) is 12.5 Å². The van der Waals surface area contributed by atoms with E-state index in [9.17, 15) is 9.90 Å². The van der Waals surface area contributed by atoms with Crippen molar-refractivity contribution in [1.82, 2.24) is 0 Å². The van der Waals surface area contributed by atoms with E-state index < -0.39 is 11.5 Å². The molecule has 0 fully saturated rings. The van der Waals surface area contributed by atoms with Gasteiger partial charge >= 0.3 is 0 Å². The number of carbonyl (C=O) groups excluding carboxylic acids is 1. The van der Waals surface area contributed by atoms with E-state index in [0.29, 0.717) is 17.2 Å². The van der Waals surface area contributed by atoms with Gasteiger partial charge in [-0.15, -0.1) is 0 Å². The maximum Gasteiger partial charge on any atom is 0.260 e. The van der Waals surface area contributed by atoms with Gasteiger partial charge in [0.2, 0.25) is 0 Å². The summed E-state index contributed by atoms with van der Waals surface area (Å²) in [6.07, 6.45) is 0. The fourth-order valence-electron chi connectivity index (χ4n) is 2.55. The van der Waals surface area contributed by atoms with E-state index in [-0.39, 0.29) is 0 Å². The number of aliphatic hydroxyl groups is 1. The van der Waals surface area contributed by atoms with E-state index in [0.717, 1.165) is 5.56 Å². The molecule has 22 heavy (non-hydrogen) atoms. The van der Waals surface area contributed by atoms with Crippen molar-refractivity contribution in [2.45, 2.75) is 39.2 Å². The normalized spacial score (nSPS) is 13.7. The van der Waals surface area contributed by atoms with Crippen LogP contribution in [0.5, 0.6) is 0 Å². The molecule has 2 N–H and O–H groups in total. The Labute approximate surface area is 132 Å². The zero-order valence-electron chi connectivity index (χ0n) is 13.6. The number of hydrogen-bond acceptors (Lipinski definition) is 2. The Hall–Kier alpha value is -2.13. The first-order valence-corrected chi connectivity index (χ1v) is 7.52. The molecule has 0 saturated carbocycles. The summed E-state index contributed by atoms with van der Waals surface area (Å²) >= 11 is 0. The minimum atomic E-state index is -1.56. The molecule has 1 atom stereocenters. The first kappa shape index (κ1) is 16.2. The molecule has 0 spiro atoms. The standard InChI is InChI=1S/C19H23NO2/c1-13(2)17-11-10-16(12-14(17)3)20-18(21)19(4,22)15-8-6-5-7-9-15/h5-13,22H,1-4H3,(H,20,21). The molecule has 2 rings (SSSR count). The van der Waals surface area contributed by atoms with Crippen LogP contribution in [0.15, 0.2) is 48.5 Å². The van der Waals surface area contributed by atoms with Crippen LogP contribution in [-0.2, 0) is 10.4 Å². The molecule has 1 amide bonds. The Morgan fingerprint density at radius 1 is 1.14 bits per heavy atom. The summed E-state index contributed by atoms with van der Waals surface area (Å²) in [5.41, 5.74) is 2.09. The van der Waals surface area contributed by atoms with Crippen LogP contribution in [0.1, 0.15) is 43.4 Å². The van der Waals surface area contributed by atoms with Gasteiger partial charge in [0, 0.05) is 5.69 Å². The number of hydrogen-bond donors (Lipinski definition) is 2. The lowest BCUT2D eigenvalue weighted by Crippen LogP contribution is -2.37. The van der Waals surface area contributed by atoms with Crippen LogP contribution >= 0.6 is 0 Å². The first-order valence-electron chi connectivity index (χ1n) is 7.52. The van der Waals surface area contributed by atoms with Crippen molar-refractivity contribution in [3.8, 4) is 0 Å². The Morgan fingerprint density at radius 2 is 1.77 bits per heavy atom. The highest BCUT2D eigenvalue weighted by Crippen LogP contribution is 2.25. The van der Waals surface area contributed by atoms with Crippen molar-refractivity contribution in [1.29, 1.82) is 0 Å². The second-order valence-corrected chi connectivity index (χ2v) is 6.12. The molecule has 3 nitrogen and oxygen atoms in total. The SMILES string of the molecule is Cc1cc(NC(=O)C(C)(O)c2ccccc2)ccc1C(C)C. The van der Waals surface area contributed by atoms with Crippen LogP contribution in [0.25, 0.3) is 0 Å². The summed E-state index contributed by atoms with van der Waals surface area (Å²) in [4.78, 5) is 12.4. The highest BCUT2D eigenvalue weighted by molar-refractivity contribution is 5.97. The van der Waals surface area contributed by atoms with Gasteiger partial charge in [-0.2, -0.15) is 0 Å². The maximum absolute atomic E-state index is 12.4. The van der Waals surface area contributed by atoms with Gasteiger partial charge in [0.1, 0.15) is 0 Å². The highest BCUT2D eigenvalue weighted by Gasteiger charge is 2.32. The summed E-state index contributed by atoms with van der Waals surface area (Å²) in [6, 6.07) is 14.8. The fraction of sp³-hybridized carbons (Fsp3) is 0.316. The zero-order chi connectivity index (χ0) is 16.3. The molecule has 0 saturated heterocycles. The lowest BCUT2D eigenvalue weighted by molar-refractivity contribution is -0.133. The minimum absolute atomic E-state index is 0.435. The van der Waals surface area contributed by atoms with Crippen molar-refractivity contribution < 1.29 is 9.90 Å². The lowest BCUT2D eigenvalue weighted by Gasteiger charge is -2.23. The summed E-state index contributed by atoms with van der Waals surface area (Å²) in [7, 11) is 0. The van der Waals surface area contributed by atoms with Crippen LogP contribution in [0, 0.1) is 6.92 Å². The van der Waals surface area contributed by atoms with Crippen molar-refractivity contribution >= 4 is 11.6 Å². The van der Waals surface area contributed by atoms with Gasteiger partial charge in [-0.25, -0.2) is 0 Å². The third kappa shape index (κ3) is 3.37. The largest absolute Gasteiger partial charge is 0.376 e. The predicted molar refractivity (Wildman–Crippen MR) is 89.9 cm³/mol. The smallest absolute Gasteiger partial charge is 0.260 e. The quantitative estimate of drug-likeness (QED) is 0.897. The molecule has 0 radical (unpaired) electrons. The van der Waals surface area contributed by atoms with Gasteiger partial charge in [0.15, 0.2) is 5.60 Å². The topological polar surface area (TPSA) is 49.3 Å². The molecular formula is C19H23NO2. The second-order valence-electron chi connectivity index (χ2n) is 6.12. The molecule has 2 aromatic carbocycles. The van der Waals surface area contributed by atoms with E-state index in [1.54, 1.807) is 24.3 Å². The van der Waals surface area contributed by atoms with Gasteiger partial charge in [0.25, 0.3) is 5.91 Å². The molecule has 2 aromatic rings. The summed E-state index contributed by atoms with van der Waals surface area (Å²) in [5.74, 6) is 0.00701. The van der Waals surface area contributed by atoms with Gasteiger partial charge < -0.3 is 10.4 Å². The molecule has 0 aliphatic rings. The average molecular weight is 297 g/mol. The molecule has 1 unspecified atom stereocenters. The number of rotatable bonds is 4. The third-order valence-corrected chi connectivity index (χ3v) is 3.93. The van der Waals surface area contributed by atoms with Crippen LogP contribution < -0.4 is 5.32 Å². The van der Waals surface area contributed by atoms with Crippen LogP contribution in [0.4, 0.5) is 5.69 Å². The predicted octanol–water partition coefficient (Wildman–Crippen LogP) is 3.96. The number of nitrogens with one attached hydrogen (secondary N) is 1. The molecule has 0 aliphatic heterocycles. The average Bonchev–Trinajstić information content (AvgIpc) is 2.47. The number of aryl methyl sites for hydroxylation is 1. The Kier molecular flexibility index (Phi) is 4.67. The van der Waals surface area contributed by atoms with Gasteiger partial charge in [-0.05, 0) is 48.6 Å². The van der Waals surface area contributed by atoms with E-state index in [4.69, 9.17) is 0 Å². The molecule has 116 valence electrons. The summed E-state index contributed by atoms with van der Waals surface area (Å²) < 4.78 is 0. The zero-order valence-corrected chi connectivity index (χ0v) is 13.6. The Morgan fingerprint density at radius 3 is 2.32 bits per heavy atom. The van der Waals surface area contributed by atoms with Crippen LogP contribution in [-0.4, -0.2) is 11.0 Å². The highest BCUT2D eigenvalue weighted by atomic mass is 16.3. The molecule has 0 aliphatic carbocycles. The van der Waals surface area contributed by atoms with E-state index >= 15 is 0 Å². The van der Waals surface area contributed by atoms with Gasteiger partial charge in [0.05, 0.1) is 0 Å². The fourth-order valence-corrected chi connectivity index (χ4v) is 2.55. The van der Waals surface area contributed by atoms with Crippen molar-refractivity contribution in [2.75, 3.05) is 5.32 Å². The van der Waals surface area contributed by atoms with Gasteiger partial charge in [-0.3, -0.25) is 4.79 Å². The van der Waals surface area contributed by atoms with Crippen LogP contribution in [0.2, 0.25) is 0 Å². The maximum atomic E-state index is 12.4. The molecular weight excluding hydrogens is 274 g/mol. The Balaban J connectivity index is 2.20. The summed E-state index contributed by atoms with van der Waals surface area (Å²) in [5, 5.41) is 13.3. The van der Waals surface area contributed by atoms with Gasteiger partial charge in [-0.1, -0.05) is 50.2 Å². The first-order chi connectivity index (χ1) is 10.3. The second kappa shape index (κ2) is 6.32. The molecule has 3 heteroatoms. The number of carbonyl (C=O) groups is 1. The van der Waals surface area contributed by atoms with Crippen molar-refractivity contribution in [3.05, 3.63) is 65.2 Å². The minimum Gasteiger partial charge on any atom is -0.376 e. The monoisotopic (exact) mass is 297 g/mol. The Bertz CT molecular complexity index is 660. The number of benzene rings is 2. The third-order valence-electron chi connectivity index (χ3n) is 3.93. The van der Waals surface area contributed by atoms with E-state index in [2.05, 4.69) is 19.2 Å². The van der Waals surface area contributed by atoms with Crippen LogP contribution in [0.3, 0.4) is 0 Å². The molecule has 0 aromatic heterocycles. The van der Waals surface area contributed by atoms with Crippen molar-refractivity contribution in [3.63, 3.8) is 0 Å². The lowest BCUT2D eigenvalue weighted by atomic mass is 9.94.